The minimum absolute atomic E-state index is 0.192. The third-order valence-corrected chi connectivity index (χ3v) is 7.74. The molecule has 5 nitrogen and oxygen atoms in total. The van der Waals surface area contributed by atoms with Gasteiger partial charge < -0.3 is 10.4 Å². The number of nitrogens with zero attached hydrogens (tertiary/aromatic N) is 1. The number of carboxylic acid groups (broad SMARTS) is 1. The van der Waals surface area contributed by atoms with Crippen LogP contribution < -0.4 is 5.32 Å². The second-order valence-electron chi connectivity index (χ2n) is 9.55. The van der Waals surface area contributed by atoms with E-state index in [1.165, 1.54) is 29.7 Å². The predicted molar refractivity (Wildman–Crippen MR) is 156 cm³/mol. The number of nitrogens with one attached hydrogen (secondary N) is 1. The van der Waals surface area contributed by atoms with Gasteiger partial charge in [0.25, 0.3) is 5.91 Å². The Kier molecular flexibility index (Phi) is 6.80. The van der Waals surface area contributed by atoms with Crippen LogP contribution in [-0.4, -0.2) is 21.4 Å². The van der Waals surface area contributed by atoms with Crippen LogP contribution in [0.2, 0.25) is 0 Å². The Balaban J connectivity index is 1.37. The van der Waals surface area contributed by atoms with Gasteiger partial charge in [-0.25, -0.2) is 9.18 Å². The van der Waals surface area contributed by atoms with Gasteiger partial charge in [-0.1, -0.05) is 72.8 Å². The zero-order valence-electron chi connectivity index (χ0n) is 21.2. The Morgan fingerprint density at radius 2 is 1.60 bits per heavy atom. The zero-order chi connectivity index (χ0) is 27.6. The van der Waals surface area contributed by atoms with Gasteiger partial charge in [0, 0.05) is 23.7 Å². The van der Waals surface area contributed by atoms with Crippen LogP contribution in [0.1, 0.15) is 37.5 Å². The molecule has 1 heterocycles. The molecule has 0 spiro atoms. The topological polar surface area (TPSA) is 79.3 Å². The number of aromatic nitrogens is 1. The van der Waals surface area contributed by atoms with Crippen LogP contribution in [0.15, 0.2) is 103 Å². The van der Waals surface area contributed by atoms with E-state index in [4.69, 9.17) is 9.48 Å². The lowest BCUT2D eigenvalue weighted by molar-refractivity contribution is 0.0696. The lowest BCUT2D eigenvalue weighted by Gasteiger charge is -2.11. The summed E-state index contributed by atoms with van der Waals surface area (Å²) in [4.78, 5) is 24.8. The van der Waals surface area contributed by atoms with Gasteiger partial charge in [-0.15, -0.1) is 0 Å². The van der Waals surface area contributed by atoms with Crippen molar-refractivity contribution >= 4 is 44.3 Å². The van der Waals surface area contributed by atoms with Gasteiger partial charge >= 0.3 is 5.97 Å². The monoisotopic (exact) mass is 546 g/mol. The average Bonchev–Trinajstić information content (AvgIpc) is 3.38. The summed E-state index contributed by atoms with van der Waals surface area (Å²) in [6.07, 6.45) is 0.494. The summed E-state index contributed by atoms with van der Waals surface area (Å²) in [7, 11) is 0. The molecular formula is C33H23FN2O3S. The number of carbonyl (C=O) groups excluding carboxylic acids is 1. The van der Waals surface area contributed by atoms with Crippen LogP contribution >= 0.6 is 11.5 Å². The highest BCUT2D eigenvalue weighted by atomic mass is 32.1. The molecule has 0 fully saturated rings. The van der Waals surface area contributed by atoms with Crippen molar-refractivity contribution in [3.63, 3.8) is 0 Å². The third kappa shape index (κ3) is 5.07. The molecule has 1 aromatic heterocycles. The van der Waals surface area contributed by atoms with Crippen LogP contribution in [-0.2, 0) is 13.0 Å². The molecule has 0 aliphatic carbocycles. The molecule has 0 aliphatic heterocycles. The molecule has 6 aromatic rings. The van der Waals surface area contributed by atoms with E-state index in [9.17, 15) is 14.0 Å². The molecular weight excluding hydrogens is 523 g/mol. The molecule has 2 N–H and O–H groups in total. The van der Waals surface area contributed by atoms with Crippen molar-refractivity contribution in [2.75, 3.05) is 0 Å². The maximum absolute atomic E-state index is 14.2. The molecule has 0 radical (unpaired) electrons. The minimum atomic E-state index is -0.996. The van der Waals surface area contributed by atoms with Crippen LogP contribution in [0.5, 0.6) is 0 Å². The van der Waals surface area contributed by atoms with Crippen molar-refractivity contribution in [3.8, 4) is 11.1 Å². The summed E-state index contributed by atoms with van der Waals surface area (Å²) >= 11 is 1.35. The van der Waals surface area contributed by atoms with E-state index in [0.29, 0.717) is 17.4 Å². The molecule has 0 saturated heterocycles. The van der Waals surface area contributed by atoms with Crippen molar-refractivity contribution in [1.82, 2.24) is 9.69 Å². The fraction of sp³-hybridized carbons (Fsp3) is 0.0606. The number of rotatable bonds is 7. The first kappa shape index (κ1) is 25.4. The Morgan fingerprint density at radius 3 is 2.38 bits per heavy atom. The molecule has 40 heavy (non-hydrogen) atoms. The molecule has 0 saturated carbocycles. The fourth-order valence-corrected chi connectivity index (χ4v) is 5.73. The zero-order valence-corrected chi connectivity index (χ0v) is 22.0. The van der Waals surface area contributed by atoms with Crippen LogP contribution in [0.4, 0.5) is 4.39 Å². The molecule has 196 valence electrons. The van der Waals surface area contributed by atoms with E-state index in [-0.39, 0.29) is 23.8 Å². The smallest absolute Gasteiger partial charge is 0.335 e. The van der Waals surface area contributed by atoms with Crippen LogP contribution in [0.3, 0.4) is 0 Å². The number of hydrogen-bond acceptors (Lipinski definition) is 4. The van der Waals surface area contributed by atoms with Crippen molar-refractivity contribution in [1.29, 1.82) is 0 Å². The van der Waals surface area contributed by atoms with E-state index >= 15 is 0 Å². The first-order valence-corrected chi connectivity index (χ1v) is 13.5. The maximum Gasteiger partial charge on any atom is 0.335 e. The fourth-order valence-electron chi connectivity index (χ4n) is 4.87. The predicted octanol–water partition coefficient (Wildman–Crippen LogP) is 7.47. The minimum Gasteiger partial charge on any atom is -0.478 e. The molecule has 6 rings (SSSR count). The summed E-state index contributed by atoms with van der Waals surface area (Å²) in [6.45, 7) is 0.249. The van der Waals surface area contributed by atoms with E-state index in [1.807, 2.05) is 54.6 Å². The molecule has 0 atom stereocenters. The van der Waals surface area contributed by atoms with E-state index < -0.39 is 5.97 Å². The average molecular weight is 547 g/mol. The first-order chi connectivity index (χ1) is 19.5. The standard InChI is InChI=1S/C33H23FN2O3S/c34-28-8-4-7-24-15-21(11-14-26(24)28)16-29-31-27(32(37)35-19-20-9-12-23(13-10-20)33(38)39)17-25(18-30(31)40-36-29)22-5-2-1-3-6-22/h1-15,17-18H,16,19H2,(H,35,37)(H,38,39). The Morgan fingerprint density at radius 1 is 0.825 bits per heavy atom. The second kappa shape index (κ2) is 10.7. The van der Waals surface area contributed by atoms with Gasteiger partial charge in [0.1, 0.15) is 5.82 Å². The second-order valence-corrected chi connectivity index (χ2v) is 10.4. The number of carboxylic acids is 1. The Hall–Kier alpha value is -4.88. The summed E-state index contributed by atoms with van der Waals surface area (Å²) in [5, 5.41) is 14.3. The summed E-state index contributed by atoms with van der Waals surface area (Å²) in [5.41, 5.74) is 5.18. The van der Waals surface area contributed by atoms with Crippen molar-refractivity contribution in [3.05, 3.63) is 137 Å². The van der Waals surface area contributed by atoms with Crippen molar-refractivity contribution < 1.29 is 19.1 Å². The molecule has 0 bridgehead atoms. The number of amides is 1. The summed E-state index contributed by atoms with van der Waals surface area (Å²) in [5.74, 6) is -1.50. The molecule has 5 aromatic carbocycles. The highest BCUT2D eigenvalue weighted by Gasteiger charge is 2.19. The van der Waals surface area contributed by atoms with Gasteiger partial charge in [0.15, 0.2) is 0 Å². The largest absolute Gasteiger partial charge is 0.478 e. The third-order valence-electron chi connectivity index (χ3n) is 6.91. The number of hydrogen-bond donors (Lipinski definition) is 2. The van der Waals surface area contributed by atoms with Crippen LogP contribution in [0.25, 0.3) is 32.0 Å². The lowest BCUT2D eigenvalue weighted by Crippen LogP contribution is -2.23. The number of carbonyl (C=O) groups is 2. The van der Waals surface area contributed by atoms with Gasteiger partial charge in [-0.2, -0.15) is 4.37 Å². The molecule has 7 heteroatoms. The first-order valence-electron chi connectivity index (χ1n) is 12.7. The normalized spacial score (nSPS) is 11.1. The lowest BCUT2D eigenvalue weighted by atomic mass is 9.96. The summed E-state index contributed by atoms with van der Waals surface area (Å²) in [6, 6.07) is 30.9. The van der Waals surface area contributed by atoms with Crippen molar-refractivity contribution in [2.45, 2.75) is 13.0 Å². The Labute approximate surface area is 233 Å². The SMILES string of the molecule is O=C(O)c1ccc(CNC(=O)c2cc(-c3ccccc3)cc3snc(Cc4ccc5c(F)cccc5c4)c23)cc1. The van der Waals surface area contributed by atoms with Crippen molar-refractivity contribution in [2.24, 2.45) is 0 Å². The number of aromatic carboxylic acids is 1. The number of fused-ring (bicyclic) bond motifs is 2. The summed E-state index contributed by atoms with van der Waals surface area (Å²) < 4.78 is 19.8. The van der Waals surface area contributed by atoms with Gasteiger partial charge in [-0.3, -0.25) is 4.79 Å². The molecule has 1 amide bonds. The maximum atomic E-state index is 14.2. The highest BCUT2D eigenvalue weighted by molar-refractivity contribution is 7.13. The molecule has 0 aliphatic rings. The number of halogens is 1. The highest BCUT2D eigenvalue weighted by Crippen LogP contribution is 2.34. The number of benzene rings is 5. The van der Waals surface area contributed by atoms with Gasteiger partial charge in [-0.05, 0) is 69.5 Å². The molecule has 0 unspecified atom stereocenters. The van der Waals surface area contributed by atoms with E-state index in [1.54, 1.807) is 24.3 Å². The van der Waals surface area contributed by atoms with Gasteiger partial charge in [0.05, 0.1) is 21.5 Å². The Bertz CT molecular complexity index is 1880. The quantitative estimate of drug-likeness (QED) is 0.218. The van der Waals surface area contributed by atoms with Gasteiger partial charge in [0.2, 0.25) is 0 Å². The van der Waals surface area contributed by atoms with E-state index in [2.05, 4.69) is 11.4 Å². The van der Waals surface area contributed by atoms with Crippen LogP contribution in [0, 0.1) is 5.82 Å². The van der Waals surface area contributed by atoms with E-state index in [0.717, 1.165) is 43.4 Å².